The van der Waals surface area contributed by atoms with Gasteiger partial charge < -0.3 is 10.6 Å². The van der Waals surface area contributed by atoms with Gasteiger partial charge in [-0.1, -0.05) is 15.9 Å². The molecule has 0 aliphatic rings. The van der Waals surface area contributed by atoms with Crippen molar-refractivity contribution in [2.24, 2.45) is 0 Å². The number of nitrogen functional groups attached to an aromatic ring is 1. The molecule has 19 heavy (non-hydrogen) atoms. The van der Waals surface area contributed by atoms with E-state index in [1.165, 1.54) is 6.07 Å². The molecule has 3 N–H and O–H groups in total. The van der Waals surface area contributed by atoms with Crippen LogP contribution >= 0.6 is 15.9 Å². The van der Waals surface area contributed by atoms with Crippen molar-refractivity contribution in [3.05, 3.63) is 22.7 Å². The van der Waals surface area contributed by atoms with Crippen molar-refractivity contribution < 1.29 is 8.42 Å². The van der Waals surface area contributed by atoms with E-state index in [0.717, 1.165) is 23.9 Å². The van der Waals surface area contributed by atoms with Gasteiger partial charge in [0.05, 0.1) is 5.69 Å². The molecule has 0 aliphatic heterocycles. The summed E-state index contributed by atoms with van der Waals surface area (Å²) in [5.41, 5.74) is 5.97. The van der Waals surface area contributed by atoms with E-state index < -0.39 is 10.0 Å². The highest BCUT2D eigenvalue weighted by Crippen LogP contribution is 2.22. The van der Waals surface area contributed by atoms with Crippen molar-refractivity contribution in [2.75, 3.05) is 32.9 Å². The van der Waals surface area contributed by atoms with Gasteiger partial charge in [-0.25, -0.2) is 13.1 Å². The minimum Gasteiger partial charge on any atom is -0.398 e. The summed E-state index contributed by atoms with van der Waals surface area (Å²) in [5, 5.41) is 0. The highest BCUT2D eigenvalue weighted by Gasteiger charge is 2.16. The molecule has 0 fully saturated rings. The van der Waals surface area contributed by atoms with Gasteiger partial charge in [-0.15, -0.1) is 0 Å². The molecule has 0 amide bonds. The van der Waals surface area contributed by atoms with Gasteiger partial charge in [0, 0.05) is 11.0 Å². The molecule has 0 saturated heterocycles. The smallest absolute Gasteiger partial charge is 0.242 e. The number of nitrogens with one attached hydrogen (secondary N) is 1. The Kier molecular flexibility index (Phi) is 6.25. The lowest BCUT2D eigenvalue weighted by molar-refractivity contribution is 0.394. The molecular formula is C12H20BrN3O2S. The van der Waals surface area contributed by atoms with E-state index in [4.69, 9.17) is 5.73 Å². The third kappa shape index (κ3) is 5.48. The second-order valence-corrected chi connectivity index (χ2v) is 7.24. The van der Waals surface area contributed by atoms with E-state index in [1.807, 2.05) is 14.1 Å². The second kappa shape index (κ2) is 7.23. The molecule has 0 radical (unpaired) electrons. The number of benzene rings is 1. The van der Waals surface area contributed by atoms with Crippen LogP contribution in [0.5, 0.6) is 0 Å². The maximum atomic E-state index is 12.0. The van der Waals surface area contributed by atoms with Crippen LogP contribution in [0.4, 0.5) is 5.69 Å². The third-order valence-electron chi connectivity index (χ3n) is 2.59. The highest BCUT2D eigenvalue weighted by atomic mass is 79.9. The minimum atomic E-state index is -3.52. The zero-order valence-corrected chi connectivity index (χ0v) is 13.6. The van der Waals surface area contributed by atoms with Crippen LogP contribution in [0.1, 0.15) is 12.8 Å². The number of sulfonamides is 1. The number of anilines is 1. The number of nitrogens with zero attached hydrogens (tertiary/aromatic N) is 1. The summed E-state index contributed by atoms with van der Waals surface area (Å²) in [6.45, 7) is 1.37. The maximum absolute atomic E-state index is 12.0. The Morgan fingerprint density at radius 2 is 2.00 bits per heavy atom. The zero-order chi connectivity index (χ0) is 14.5. The van der Waals surface area contributed by atoms with Gasteiger partial charge >= 0.3 is 0 Å². The summed E-state index contributed by atoms with van der Waals surface area (Å²) >= 11 is 3.25. The van der Waals surface area contributed by atoms with Crippen molar-refractivity contribution in [1.82, 2.24) is 9.62 Å². The van der Waals surface area contributed by atoms with Crippen LogP contribution < -0.4 is 10.5 Å². The first-order valence-electron chi connectivity index (χ1n) is 6.02. The number of rotatable bonds is 7. The first kappa shape index (κ1) is 16.4. The van der Waals surface area contributed by atoms with Crippen LogP contribution in [-0.2, 0) is 10.0 Å². The summed E-state index contributed by atoms with van der Waals surface area (Å²) in [7, 11) is 0.468. The minimum absolute atomic E-state index is 0.128. The molecule has 0 bridgehead atoms. The summed E-state index contributed by atoms with van der Waals surface area (Å²) in [5.74, 6) is 0. The molecule has 0 spiro atoms. The molecule has 0 heterocycles. The Bertz CT molecular complexity index is 518. The van der Waals surface area contributed by atoms with E-state index in [0.29, 0.717) is 6.54 Å². The van der Waals surface area contributed by atoms with E-state index in [2.05, 4.69) is 25.6 Å². The molecule has 1 rings (SSSR count). The average molecular weight is 350 g/mol. The molecule has 7 heteroatoms. The van der Waals surface area contributed by atoms with Crippen molar-refractivity contribution in [3.8, 4) is 0 Å². The molecule has 0 atom stereocenters. The van der Waals surface area contributed by atoms with Crippen molar-refractivity contribution in [3.63, 3.8) is 0 Å². The average Bonchev–Trinajstić information content (AvgIpc) is 2.27. The standard InChI is InChI=1S/C12H20BrN3O2S/c1-16(2)8-4-3-7-15-19(17,18)12-6-5-10(13)9-11(12)14/h5-6,9,15H,3-4,7-8,14H2,1-2H3. The van der Waals surface area contributed by atoms with Crippen molar-refractivity contribution >= 4 is 31.6 Å². The predicted molar refractivity (Wildman–Crippen MR) is 81.5 cm³/mol. The number of hydrogen-bond donors (Lipinski definition) is 2. The van der Waals surface area contributed by atoms with Gasteiger partial charge in [0.1, 0.15) is 4.90 Å². The molecule has 1 aromatic rings. The monoisotopic (exact) mass is 349 g/mol. The summed E-state index contributed by atoms with van der Waals surface area (Å²) < 4.78 is 27.4. The van der Waals surface area contributed by atoms with Crippen LogP contribution in [0.3, 0.4) is 0 Å². The van der Waals surface area contributed by atoms with Crippen LogP contribution in [0.25, 0.3) is 0 Å². The van der Waals surface area contributed by atoms with Crippen LogP contribution in [-0.4, -0.2) is 40.5 Å². The molecule has 108 valence electrons. The van der Waals surface area contributed by atoms with Crippen LogP contribution in [0.2, 0.25) is 0 Å². The van der Waals surface area contributed by atoms with Gasteiger partial charge in [0.25, 0.3) is 0 Å². The SMILES string of the molecule is CN(C)CCCCNS(=O)(=O)c1ccc(Br)cc1N. The number of nitrogens with two attached hydrogens (primary N) is 1. The van der Waals surface area contributed by atoms with Gasteiger partial charge in [-0.3, -0.25) is 0 Å². The summed E-state index contributed by atoms with van der Waals surface area (Å²) in [6, 6.07) is 4.75. The van der Waals surface area contributed by atoms with Crippen LogP contribution in [0.15, 0.2) is 27.6 Å². The molecule has 0 unspecified atom stereocenters. The van der Waals surface area contributed by atoms with E-state index in [-0.39, 0.29) is 10.6 Å². The lowest BCUT2D eigenvalue weighted by atomic mass is 10.3. The van der Waals surface area contributed by atoms with Gasteiger partial charge in [-0.2, -0.15) is 0 Å². The van der Waals surface area contributed by atoms with Crippen LogP contribution in [0, 0.1) is 0 Å². The Balaban J connectivity index is 2.56. The zero-order valence-electron chi connectivity index (χ0n) is 11.2. The topological polar surface area (TPSA) is 75.4 Å². The summed E-state index contributed by atoms with van der Waals surface area (Å²) in [6.07, 6.45) is 1.75. The highest BCUT2D eigenvalue weighted by molar-refractivity contribution is 9.10. The fourth-order valence-electron chi connectivity index (χ4n) is 1.60. The Hall–Kier alpha value is -0.630. The fourth-order valence-corrected chi connectivity index (χ4v) is 3.17. The first-order valence-corrected chi connectivity index (χ1v) is 8.30. The van der Waals surface area contributed by atoms with Gasteiger partial charge in [0.15, 0.2) is 0 Å². The number of halogens is 1. The van der Waals surface area contributed by atoms with Crippen molar-refractivity contribution in [1.29, 1.82) is 0 Å². The fraction of sp³-hybridized carbons (Fsp3) is 0.500. The quantitative estimate of drug-likeness (QED) is 0.579. The summed E-state index contributed by atoms with van der Waals surface area (Å²) in [4.78, 5) is 2.20. The molecular weight excluding hydrogens is 330 g/mol. The Labute approximate surface area is 123 Å². The normalized spacial score (nSPS) is 12.0. The van der Waals surface area contributed by atoms with Gasteiger partial charge in [-0.05, 0) is 51.7 Å². The second-order valence-electron chi connectivity index (χ2n) is 4.59. The van der Waals surface area contributed by atoms with Crippen molar-refractivity contribution in [2.45, 2.75) is 17.7 Å². The lowest BCUT2D eigenvalue weighted by Crippen LogP contribution is -2.26. The van der Waals surface area contributed by atoms with E-state index >= 15 is 0 Å². The first-order chi connectivity index (χ1) is 8.83. The Morgan fingerprint density at radius 3 is 2.58 bits per heavy atom. The molecule has 0 saturated carbocycles. The molecule has 0 aliphatic carbocycles. The predicted octanol–water partition coefficient (Wildman–Crippen LogP) is 1.65. The molecule has 0 aromatic heterocycles. The largest absolute Gasteiger partial charge is 0.398 e. The molecule has 5 nitrogen and oxygen atoms in total. The maximum Gasteiger partial charge on any atom is 0.242 e. The number of unbranched alkanes of at least 4 members (excludes halogenated alkanes) is 1. The third-order valence-corrected chi connectivity index (χ3v) is 4.61. The lowest BCUT2D eigenvalue weighted by Gasteiger charge is -2.11. The van der Waals surface area contributed by atoms with E-state index in [1.54, 1.807) is 12.1 Å². The van der Waals surface area contributed by atoms with Gasteiger partial charge in [0.2, 0.25) is 10.0 Å². The Morgan fingerprint density at radius 1 is 1.32 bits per heavy atom. The van der Waals surface area contributed by atoms with E-state index in [9.17, 15) is 8.42 Å². The molecule has 1 aromatic carbocycles. The number of hydrogen-bond acceptors (Lipinski definition) is 4.